The molecular weight excluding hydrogens is 581 g/mol. The maximum Gasteiger partial charge on any atom is 0.264 e. The van der Waals surface area contributed by atoms with E-state index in [1.807, 2.05) is 20.8 Å². The fraction of sp³-hybridized carbons (Fsp3) is 0.286. The predicted molar refractivity (Wildman–Crippen MR) is 157 cm³/mol. The highest BCUT2D eigenvalue weighted by molar-refractivity contribution is 7.92. The van der Waals surface area contributed by atoms with E-state index in [4.69, 9.17) is 34.8 Å². The molecule has 0 aromatic heterocycles. The molecular formula is C28H30Cl3N3O4S. The number of sulfonamides is 1. The van der Waals surface area contributed by atoms with Crippen molar-refractivity contribution in [2.75, 3.05) is 10.8 Å². The Balaban J connectivity index is 2.07. The Morgan fingerprint density at radius 1 is 0.872 bits per heavy atom. The molecule has 7 nitrogen and oxygen atoms in total. The Kier molecular flexibility index (Phi) is 10.3. The van der Waals surface area contributed by atoms with Gasteiger partial charge >= 0.3 is 0 Å². The summed E-state index contributed by atoms with van der Waals surface area (Å²) in [6, 6.07) is 16.5. The van der Waals surface area contributed by atoms with Crippen molar-refractivity contribution in [3.63, 3.8) is 0 Å². The van der Waals surface area contributed by atoms with Crippen LogP contribution in [0.2, 0.25) is 15.1 Å². The van der Waals surface area contributed by atoms with E-state index in [-0.39, 0.29) is 39.1 Å². The lowest BCUT2D eigenvalue weighted by atomic mass is 10.1. The van der Waals surface area contributed by atoms with Gasteiger partial charge in [0.15, 0.2) is 0 Å². The number of benzene rings is 3. The number of amides is 2. The summed E-state index contributed by atoms with van der Waals surface area (Å²) in [4.78, 5) is 28.2. The molecule has 39 heavy (non-hydrogen) atoms. The second-order valence-corrected chi connectivity index (χ2v) is 12.5. The number of nitrogens with zero attached hydrogens (tertiary/aromatic N) is 2. The number of anilines is 1. The Morgan fingerprint density at radius 3 is 2.10 bits per heavy atom. The second kappa shape index (κ2) is 13.0. The van der Waals surface area contributed by atoms with Crippen molar-refractivity contribution in [1.29, 1.82) is 0 Å². The third kappa shape index (κ3) is 7.66. The molecule has 0 fully saturated rings. The van der Waals surface area contributed by atoms with Crippen LogP contribution < -0.4 is 9.62 Å². The quantitative estimate of drug-likeness (QED) is 0.301. The predicted octanol–water partition coefficient (Wildman–Crippen LogP) is 6.09. The Morgan fingerprint density at radius 2 is 1.51 bits per heavy atom. The molecule has 0 bridgehead atoms. The van der Waals surface area contributed by atoms with Crippen molar-refractivity contribution in [3.8, 4) is 0 Å². The molecule has 2 amide bonds. The molecule has 0 spiro atoms. The maximum atomic E-state index is 13.9. The zero-order chi connectivity index (χ0) is 28.9. The lowest BCUT2D eigenvalue weighted by molar-refractivity contribution is -0.139. The standard InChI is InChI=1S/C28H30Cl3N3O4S/c1-18(2)32-28(36)20(4)33(16-21-7-5-6-8-24(21)29)27(35)17-34(22-11-14-25(30)26(31)15-22)39(37,38)23-12-9-19(3)10-13-23/h5-15,18,20H,16-17H2,1-4H3,(H,32,36)/t20-/m0/s1. The van der Waals surface area contributed by atoms with Gasteiger partial charge in [0.25, 0.3) is 10.0 Å². The zero-order valence-corrected chi connectivity index (χ0v) is 25.1. The lowest BCUT2D eigenvalue weighted by Crippen LogP contribution is -2.52. The van der Waals surface area contributed by atoms with Gasteiger partial charge in [-0.15, -0.1) is 0 Å². The topological polar surface area (TPSA) is 86.8 Å². The molecule has 0 aliphatic heterocycles. The third-order valence-electron chi connectivity index (χ3n) is 5.98. The molecule has 0 saturated carbocycles. The first kappa shape index (κ1) is 30.8. The van der Waals surface area contributed by atoms with Crippen LogP contribution in [0.5, 0.6) is 0 Å². The molecule has 11 heteroatoms. The lowest BCUT2D eigenvalue weighted by Gasteiger charge is -2.32. The summed E-state index contributed by atoms with van der Waals surface area (Å²) < 4.78 is 28.6. The first-order chi connectivity index (χ1) is 18.3. The van der Waals surface area contributed by atoms with Crippen LogP contribution in [0.15, 0.2) is 71.6 Å². The molecule has 3 aromatic rings. The summed E-state index contributed by atoms with van der Waals surface area (Å²) in [5.41, 5.74) is 1.64. The fourth-order valence-corrected chi connectivity index (χ4v) is 5.70. The summed E-state index contributed by atoms with van der Waals surface area (Å²) in [5.74, 6) is -0.990. The van der Waals surface area contributed by atoms with Gasteiger partial charge in [0.05, 0.1) is 20.6 Å². The minimum absolute atomic E-state index is 0.00442. The molecule has 208 valence electrons. The SMILES string of the molecule is Cc1ccc(S(=O)(=O)N(CC(=O)N(Cc2ccccc2Cl)[C@@H](C)C(=O)NC(C)C)c2ccc(Cl)c(Cl)c2)cc1. The van der Waals surface area contributed by atoms with Crippen LogP contribution in [-0.2, 0) is 26.2 Å². The summed E-state index contributed by atoms with van der Waals surface area (Å²) >= 11 is 18.7. The molecule has 0 aliphatic rings. The first-order valence-electron chi connectivity index (χ1n) is 12.2. The van der Waals surface area contributed by atoms with Gasteiger partial charge in [-0.25, -0.2) is 8.42 Å². The highest BCUT2D eigenvalue weighted by Crippen LogP contribution is 2.31. The molecule has 0 saturated heterocycles. The van der Waals surface area contributed by atoms with Gasteiger partial charge in [-0.1, -0.05) is 70.7 Å². The van der Waals surface area contributed by atoms with Crippen molar-refractivity contribution >= 4 is 62.3 Å². The summed E-state index contributed by atoms with van der Waals surface area (Å²) in [5, 5.41) is 3.59. The van der Waals surface area contributed by atoms with Gasteiger partial charge in [0.1, 0.15) is 12.6 Å². The summed E-state index contributed by atoms with van der Waals surface area (Å²) in [7, 11) is -4.22. The number of halogens is 3. The Hall–Kier alpha value is -2.78. The van der Waals surface area contributed by atoms with E-state index >= 15 is 0 Å². The number of carbonyl (C=O) groups is 2. The van der Waals surface area contributed by atoms with E-state index in [2.05, 4.69) is 5.32 Å². The van der Waals surface area contributed by atoms with E-state index in [0.717, 1.165) is 9.87 Å². The van der Waals surface area contributed by atoms with E-state index in [0.29, 0.717) is 10.6 Å². The van der Waals surface area contributed by atoms with Crippen LogP contribution in [0.25, 0.3) is 0 Å². The number of aryl methyl sites for hydroxylation is 1. The van der Waals surface area contributed by atoms with Gasteiger partial charge < -0.3 is 10.2 Å². The molecule has 0 unspecified atom stereocenters. The average molecular weight is 611 g/mol. The molecule has 1 atom stereocenters. The van der Waals surface area contributed by atoms with Crippen LogP contribution in [0.4, 0.5) is 5.69 Å². The molecule has 3 rings (SSSR count). The zero-order valence-electron chi connectivity index (χ0n) is 22.0. The molecule has 0 radical (unpaired) electrons. The van der Waals surface area contributed by atoms with E-state index in [9.17, 15) is 18.0 Å². The van der Waals surface area contributed by atoms with Gasteiger partial charge in [-0.3, -0.25) is 13.9 Å². The van der Waals surface area contributed by atoms with Crippen molar-refractivity contribution in [1.82, 2.24) is 10.2 Å². The fourth-order valence-electron chi connectivity index (χ4n) is 3.80. The molecule has 3 aromatic carbocycles. The van der Waals surface area contributed by atoms with Gasteiger partial charge in [-0.05, 0) is 69.7 Å². The average Bonchev–Trinajstić information content (AvgIpc) is 2.87. The number of hydrogen-bond donors (Lipinski definition) is 1. The minimum Gasteiger partial charge on any atom is -0.352 e. The normalized spacial score (nSPS) is 12.2. The first-order valence-corrected chi connectivity index (χ1v) is 14.8. The molecule has 0 aliphatic carbocycles. The monoisotopic (exact) mass is 609 g/mol. The van der Waals surface area contributed by atoms with Crippen LogP contribution in [-0.4, -0.2) is 43.8 Å². The van der Waals surface area contributed by atoms with E-state index in [1.165, 1.54) is 35.2 Å². The Bertz CT molecular complexity index is 1450. The Labute approximate surface area is 244 Å². The van der Waals surface area contributed by atoms with E-state index in [1.54, 1.807) is 43.3 Å². The van der Waals surface area contributed by atoms with E-state index < -0.39 is 28.5 Å². The largest absolute Gasteiger partial charge is 0.352 e. The maximum absolute atomic E-state index is 13.9. The smallest absolute Gasteiger partial charge is 0.264 e. The van der Waals surface area contributed by atoms with Crippen molar-refractivity contribution < 1.29 is 18.0 Å². The summed E-state index contributed by atoms with van der Waals surface area (Å²) in [6.07, 6.45) is 0. The molecule has 0 heterocycles. The van der Waals surface area contributed by atoms with Crippen LogP contribution in [0.3, 0.4) is 0 Å². The van der Waals surface area contributed by atoms with Crippen molar-refractivity contribution in [2.24, 2.45) is 0 Å². The third-order valence-corrected chi connectivity index (χ3v) is 8.87. The van der Waals surface area contributed by atoms with Gasteiger partial charge in [0, 0.05) is 17.6 Å². The number of rotatable bonds is 10. The van der Waals surface area contributed by atoms with Crippen LogP contribution in [0, 0.1) is 6.92 Å². The minimum atomic E-state index is -4.22. The van der Waals surface area contributed by atoms with Gasteiger partial charge in [0.2, 0.25) is 11.8 Å². The van der Waals surface area contributed by atoms with Gasteiger partial charge in [-0.2, -0.15) is 0 Å². The van der Waals surface area contributed by atoms with Crippen molar-refractivity contribution in [2.45, 2.75) is 51.2 Å². The highest BCUT2D eigenvalue weighted by Gasteiger charge is 2.33. The van der Waals surface area contributed by atoms with Crippen LogP contribution >= 0.6 is 34.8 Å². The van der Waals surface area contributed by atoms with Crippen LogP contribution in [0.1, 0.15) is 31.9 Å². The number of nitrogens with one attached hydrogen (secondary N) is 1. The number of carbonyl (C=O) groups excluding carboxylic acids is 2. The second-order valence-electron chi connectivity index (χ2n) is 9.38. The van der Waals surface area contributed by atoms with Crippen molar-refractivity contribution in [3.05, 3.63) is 92.9 Å². The number of hydrogen-bond acceptors (Lipinski definition) is 4. The highest BCUT2D eigenvalue weighted by atomic mass is 35.5. The molecule has 1 N–H and O–H groups in total. The summed E-state index contributed by atoms with van der Waals surface area (Å²) in [6.45, 7) is 6.44.